The van der Waals surface area contributed by atoms with Crippen LogP contribution in [0, 0.1) is 5.92 Å². The highest BCUT2D eigenvalue weighted by Crippen LogP contribution is 2.26. The maximum Gasteiger partial charge on any atom is 0.220 e. The first-order valence-corrected chi connectivity index (χ1v) is 8.47. The first kappa shape index (κ1) is 15.7. The number of carbonyl (C=O) groups excluding carboxylic acids is 1. The molecule has 0 spiro atoms. The molecule has 1 aliphatic heterocycles. The fourth-order valence-corrected chi connectivity index (χ4v) is 3.45. The molecule has 0 radical (unpaired) electrons. The van der Waals surface area contributed by atoms with Gasteiger partial charge < -0.3 is 10.6 Å². The predicted octanol–water partition coefficient (Wildman–Crippen LogP) is 2.94. The van der Waals surface area contributed by atoms with Gasteiger partial charge in [0.2, 0.25) is 5.91 Å². The van der Waals surface area contributed by atoms with Crippen LogP contribution in [0.5, 0.6) is 0 Å². The summed E-state index contributed by atoms with van der Waals surface area (Å²) in [6.07, 6.45) is 2.96. The summed E-state index contributed by atoms with van der Waals surface area (Å²) in [5.41, 5.74) is 0. The van der Waals surface area contributed by atoms with Gasteiger partial charge in [-0.05, 0) is 44.0 Å². The molecule has 1 aliphatic rings. The lowest BCUT2D eigenvalue weighted by molar-refractivity contribution is -0.120. The highest BCUT2D eigenvalue weighted by Gasteiger charge is 2.13. The minimum Gasteiger partial charge on any atom is -0.356 e. The molecule has 3 nitrogen and oxygen atoms in total. The molecule has 110 valence electrons. The van der Waals surface area contributed by atoms with Crippen molar-refractivity contribution >= 4 is 29.3 Å². The van der Waals surface area contributed by atoms with Gasteiger partial charge in [0.15, 0.2) is 0 Å². The Morgan fingerprint density at radius 2 is 2.30 bits per heavy atom. The Kier molecular flexibility index (Phi) is 6.70. The van der Waals surface area contributed by atoms with Gasteiger partial charge in [-0.3, -0.25) is 4.79 Å². The number of thioether (sulfide) groups is 1. The molecule has 1 aromatic rings. The average Bonchev–Trinajstić information content (AvgIpc) is 2.48. The fraction of sp³-hybridized carbons (Fsp3) is 0.533. The van der Waals surface area contributed by atoms with E-state index in [0.717, 1.165) is 35.3 Å². The zero-order chi connectivity index (χ0) is 14.2. The summed E-state index contributed by atoms with van der Waals surface area (Å²) >= 11 is 7.71. The summed E-state index contributed by atoms with van der Waals surface area (Å²) in [6.45, 7) is 2.93. The van der Waals surface area contributed by atoms with Crippen LogP contribution in [0.15, 0.2) is 29.2 Å². The Morgan fingerprint density at radius 1 is 1.45 bits per heavy atom. The molecule has 5 heteroatoms. The first-order chi connectivity index (χ1) is 9.75. The van der Waals surface area contributed by atoms with Crippen molar-refractivity contribution in [1.82, 2.24) is 10.6 Å². The average molecular weight is 313 g/mol. The lowest BCUT2D eigenvalue weighted by Gasteiger charge is -2.22. The Hall–Kier alpha value is -0.710. The van der Waals surface area contributed by atoms with Gasteiger partial charge in [-0.2, -0.15) is 0 Å². The minimum absolute atomic E-state index is 0.134. The summed E-state index contributed by atoms with van der Waals surface area (Å²) in [4.78, 5) is 12.8. The maximum absolute atomic E-state index is 11.8. The van der Waals surface area contributed by atoms with Crippen molar-refractivity contribution in [3.05, 3.63) is 29.3 Å². The van der Waals surface area contributed by atoms with Crippen LogP contribution in [-0.2, 0) is 4.79 Å². The van der Waals surface area contributed by atoms with Crippen molar-refractivity contribution in [2.24, 2.45) is 5.92 Å². The van der Waals surface area contributed by atoms with Gasteiger partial charge in [0, 0.05) is 23.6 Å². The van der Waals surface area contributed by atoms with E-state index in [1.54, 1.807) is 11.8 Å². The van der Waals surface area contributed by atoms with Crippen molar-refractivity contribution in [3.8, 4) is 0 Å². The van der Waals surface area contributed by atoms with Crippen molar-refractivity contribution in [2.45, 2.75) is 24.2 Å². The molecule has 20 heavy (non-hydrogen) atoms. The molecule has 2 N–H and O–H groups in total. The normalized spacial score (nSPS) is 18.8. The number of nitrogens with one attached hydrogen (secondary N) is 2. The molecule has 1 amide bonds. The Bertz CT molecular complexity index is 436. The third kappa shape index (κ3) is 5.35. The van der Waals surface area contributed by atoms with Gasteiger partial charge in [-0.1, -0.05) is 23.7 Å². The van der Waals surface area contributed by atoms with E-state index in [0.29, 0.717) is 12.3 Å². The number of benzene rings is 1. The van der Waals surface area contributed by atoms with E-state index in [2.05, 4.69) is 10.6 Å². The molecule has 2 rings (SSSR count). The van der Waals surface area contributed by atoms with Gasteiger partial charge in [0.05, 0.1) is 5.02 Å². The smallest absolute Gasteiger partial charge is 0.220 e. The van der Waals surface area contributed by atoms with Gasteiger partial charge >= 0.3 is 0 Å². The van der Waals surface area contributed by atoms with Crippen LogP contribution in [0.25, 0.3) is 0 Å². The molecule has 1 saturated heterocycles. The van der Waals surface area contributed by atoms with E-state index in [1.165, 1.54) is 12.8 Å². The molecule has 0 aliphatic carbocycles. The van der Waals surface area contributed by atoms with Crippen LogP contribution in [0.4, 0.5) is 0 Å². The van der Waals surface area contributed by atoms with Crippen molar-refractivity contribution in [1.29, 1.82) is 0 Å². The molecular weight excluding hydrogens is 292 g/mol. The third-order valence-electron chi connectivity index (χ3n) is 3.41. The summed E-state index contributed by atoms with van der Waals surface area (Å²) in [7, 11) is 0. The highest BCUT2D eigenvalue weighted by atomic mass is 35.5. The van der Waals surface area contributed by atoms with Crippen LogP contribution < -0.4 is 10.6 Å². The topological polar surface area (TPSA) is 41.1 Å². The van der Waals surface area contributed by atoms with Gasteiger partial charge in [-0.25, -0.2) is 0 Å². The van der Waals surface area contributed by atoms with E-state index >= 15 is 0 Å². The maximum atomic E-state index is 11.8. The third-order valence-corrected chi connectivity index (χ3v) is 4.93. The molecule has 1 aromatic carbocycles. The van der Waals surface area contributed by atoms with E-state index in [9.17, 15) is 4.79 Å². The number of amides is 1. The Morgan fingerprint density at radius 3 is 3.05 bits per heavy atom. The second kappa shape index (κ2) is 8.55. The molecule has 0 aromatic heterocycles. The van der Waals surface area contributed by atoms with Crippen LogP contribution in [0.1, 0.15) is 19.3 Å². The minimum atomic E-state index is 0.134. The SMILES string of the molecule is O=C(CCSc1ccccc1Cl)NCC1CCCNC1. The second-order valence-corrected chi connectivity index (χ2v) is 6.59. The monoisotopic (exact) mass is 312 g/mol. The summed E-state index contributed by atoms with van der Waals surface area (Å²) in [6, 6.07) is 7.74. The van der Waals surface area contributed by atoms with Gasteiger partial charge in [0.1, 0.15) is 0 Å². The molecule has 1 unspecified atom stereocenters. The van der Waals surface area contributed by atoms with E-state index < -0.39 is 0 Å². The summed E-state index contributed by atoms with van der Waals surface area (Å²) < 4.78 is 0. The summed E-state index contributed by atoms with van der Waals surface area (Å²) in [5.74, 6) is 1.48. The zero-order valence-corrected chi connectivity index (χ0v) is 13.1. The molecule has 1 atom stereocenters. The number of rotatable bonds is 6. The fourth-order valence-electron chi connectivity index (χ4n) is 2.26. The van der Waals surface area contributed by atoms with Gasteiger partial charge in [0.25, 0.3) is 0 Å². The molecular formula is C15H21ClN2OS. The van der Waals surface area contributed by atoms with Gasteiger partial charge in [-0.15, -0.1) is 11.8 Å². The number of piperidine rings is 1. The molecule has 0 saturated carbocycles. The summed E-state index contributed by atoms with van der Waals surface area (Å²) in [5, 5.41) is 7.14. The molecule has 0 bridgehead atoms. The number of hydrogen-bond acceptors (Lipinski definition) is 3. The van der Waals surface area contributed by atoms with E-state index in [4.69, 9.17) is 11.6 Å². The van der Waals surface area contributed by atoms with Crippen molar-refractivity contribution < 1.29 is 4.79 Å². The standard InChI is InChI=1S/C15H21ClN2OS/c16-13-5-1-2-6-14(13)20-9-7-15(19)18-11-12-4-3-8-17-10-12/h1-2,5-6,12,17H,3-4,7-11H2,(H,18,19). The largest absolute Gasteiger partial charge is 0.356 e. The first-order valence-electron chi connectivity index (χ1n) is 7.10. The predicted molar refractivity (Wildman–Crippen MR) is 85.4 cm³/mol. The zero-order valence-electron chi connectivity index (χ0n) is 11.5. The quantitative estimate of drug-likeness (QED) is 0.794. The lowest BCUT2D eigenvalue weighted by atomic mass is 10.00. The Labute approximate surface area is 129 Å². The van der Waals surface area contributed by atoms with E-state index in [1.807, 2.05) is 24.3 Å². The number of halogens is 1. The highest BCUT2D eigenvalue weighted by molar-refractivity contribution is 7.99. The van der Waals surface area contributed by atoms with Crippen LogP contribution in [0.3, 0.4) is 0 Å². The number of hydrogen-bond donors (Lipinski definition) is 2. The second-order valence-electron chi connectivity index (χ2n) is 5.05. The molecule has 1 fully saturated rings. The molecule has 1 heterocycles. The van der Waals surface area contributed by atoms with Crippen molar-refractivity contribution in [3.63, 3.8) is 0 Å². The van der Waals surface area contributed by atoms with E-state index in [-0.39, 0.29) is 5.91 Å². The van der Waals surface area contributed by atoms with Crippen LogP contribution in [0.2, 0.25) is 5.02 Å². The van der Waals surface area contributed by atoms with Crippen LogP contribution in [-0.4, -0.2) is 31.3 Å². The van der Waals surface area contributed by atoms with Crippen LogP contribution >= 0.6 is 23.4 Å². The number of carbonyl (C=O) groups is 1. The van der Waals surface area contributed by atoms with Crippen molar-refractivity contribution in [2.75, 3.05) is 25.4 Å². The Balaban J connectivity index is 1.61. The lowest BCUT2D eigenvalue weighted by Crippen LogP contribution is -2.38.